The van der Waals surface area contributed by atoms with E-state index in [1.807, 2.05) is 6.07 Å². The van der Waals surface area contributed by atoms with Gasteiger partial charge < -0.3 is 9.84 Å². The van der Waals surface area contributed by atoms with Crippen molar-refractivity contribution >= 4 is 0 Å². The summed E-state index contributed by atoms with van der Waals surface area (Å²) in [5, 5.41) is 9.66. The fourth-order valence-corrected chi connectivity index (χ4v) is 1.34. The Hall–Kier alpha value is -1.09. The second-order valence-corrected chi connectivity index (χ2v) is 3.59. The average Bonchev–Trinajstić information content (AvgIpc) is 2.84. The highest BCUT2D eigenvalue weighted by atomic mass is 16.5. The Morgan fingerprint density at radius 1 is 1.62 bits per heavy atom. The highest BCUT2D eigenvalue weighted by Crippen LogP contribution is 2.38. The van der Waals surface area contributed by atoms with Gasteiger partial charge in [0.15, 0.2) is 0 Å². The van der Waals surface area contributed by atoms with E-state index in [0.717, 1.165) is 24.3 Å². The van der Waals surface area contributed by atoms with E-state index in [4.69, 9.17) is 4.74 Å². The Morgan fingerprint density at radius 2 is 2.38 bits per heavy atom. The van der Waals surface area contributed by atoms with Gasteiger partial charge in [0.25, 0.3) is 0 Å². The topological polar surface area (TPSA) is 42.4 Å². The molecule has 70 valence electrons. The second kappa shape index (κ2) is 3.00. The highest BCUT2D eigenvalue weighted by Gasteiger charge is 2.40. The normalized spacial score (nSPS) is 18.3. The summed E-state index contributed by atoms with van der Waals surface area (Å²) in [5.41, 5.74) is 0.429. The lowest BCUT2D eigenvalue weighted by Gasteiger charge is -2.07. The molecule has 3 heteroatoms. The molecular weight excluding hydrogens is 166 g/mol. The molecule has 13 heavy (non-hydrogen) atoms. The van der Waals surface area contributed by atoms with Gasteiger partial charge in [0, 0.05) is 24.4 Å². The first-order valence-corrected chi connectivity index (χ1v) is 4.43. The number of hydrogen-bond donors (Lipinski definition) is 1. The maximum Gasteiger partial charge on any atom is 0.122 e. The van der Waals surface area contributed by atoms with Gasteiger partial charge in [-0.3, -0.25) is 4.98 Å². The van der Waals surface area contributed by atoms with Crippen LogP contribution in [0.3, 0.4) is 0 Å². The van der Waals surface area contributed by atoms with Gasteiger partial charge in [0.05, 0.1) is 12.7 Å². The quantitative estimate of drug-likeness (QED) is 0.757. The minimum atomic E-state index is -0.473. The predicted octanol–water partition coefficient (Wildman–Crippen LogP) is 1.16. The number of aromatic nitrogens is 1. The predicted molar refractivity (Wildman–Crippen MR) is 48.7 cm³/mol. The van der Waals surface area contributed by atoms with Crippen LogP contribution in [0.1, 0.15) is 18.5 Å². The van der Waals surface area contributed by atoms with Crippen LogP contribution in [0.25, 0.3) is 0 Å². The Balaban J connectivity index is 2.11. The van der Waals surface area contributed by atoms with Crippen molar-refractivity contribution in [1.29, 1.82) is 0 Å². The summed E-state index contributed by atoms with van der Waals surface area (Å²) >= 11 is 0. The van der Waals surface area contributed by atoms with Gasteiger partial charge >= 0.3 is 0 Å². The number of pyridine rings is 1. The van der Waals surface area contributed by atoms with Gasteiger partial charge in [-0.15, -0.1) is 0 Å². The molecule has 0 atom stereocenters. The third-order valence-electron chi connectivity index (χ3n) is 2.36. The number of nitrogens with zero attached hydrogens (tertiary/aromatic N) is 1. The van der Waals surface area contributed by atoms with Gasteiger partial charge in [-0.25, -0.2) is 0 Å². The molecule has 1 saturated carbocycles. The van der Waals surface area contributed by atoms with E-state index in [1.54, 1.807) is 19.4 Å². The molecule has 0 saturated heterocycles. The van der Waals surface area contributed by atoms with Crippen LogP contribution in [-0.2, 0) is 6.42 Å². The molecule has 0 radical (unpaired) electrons. The van der Waals surface area contributed by atoms with Gasteiger partial charge in [0.1, 0.15) is 5.75 Å². The van der Waals surface area contributed by atoms with E-state index < -0.39 is 5.60 Å². The van der Waals surface area contributed by atoms with Crippen LogP contribution in [0.4, 0.5) is 0 Å². The van der Waals surface area contributed by atoms with Crippen molar-refractivity contribution in [1.82, 2.24) is 4.98 Å². The van der Waals surface area contributed by atoms with E-state index in [9.17, 15) is 5.11 Å². The number of ether oxygens (including phenoxy) is 1. The first kappa shape index (κ1) is 8.51. The van der Waals surface area contributed by atoms with Gasteiger partial charge in [0.2, 0.25) is 0 Å². The molecule has 1 fully saturated rings. The highest BCUT2D eigenvalue weighted by molar-refractivity contribution is 5.24. The van der Waals surface area contributed by atoms with Crippen LogP contribution in [0, 0.1) is 0 Å². The molecule has 3 nitrogen and oxygen atoms in total. The van der Waals surface area contributed by atoms with Crippen LogP contribution >= 0.6 is 0 Å². The SMILES string of the molecule is COc1ccnc(CC2(O)CC2)c1. The lowest BCUT2D eigenvalue weighted by atomic mass is 10.1. The zero-order valence-corrected chi connectivity index (χ0v) is 7.66. The Kier molecular flexibility index (Phi) is 1.96. The lowest BCUT2D eigenvalue weighted by Crippen LogP contribution is -2.11. The van der Waals surface area contributed by atoms with Crippen molar-refractivity contribution in [3.63, 3.8) is 0 Å². The van der Waals surface area contributed by atoms with Crippen molar-refractivity contribution in [2.24, 2.45) is 0 Å². The number of rotatable bonds is 3. The minimum Gasteiger partial charge on any atom is -0.497 e. The van der Waals surface area contributed by atoms with Crippen LogP contribution in [-0.4, -0.2) is 22.8 Å². The van der Waals surface area contributed by atoms with Crippen LogP contribution in [0.5, 0.6) is 5.75 Å². The molecule has 0 bridgehead atoms. The van der Waals surface area contributed by atoms with Crippen molar-refractivity contribution in [3.8, 4) is 5.75 Å². The Labute approximate surface area is 77.4 Å². The van der Waals surface area contributed by atoms with Gasteiger partial charge in [-0.05, 0) is 18.9 Å². The molecule has 0 spiro atoms. The fraction of sp³-hybridized carbons (Fsp3) is 0.500. The molecule has 0 amide bonds. The third kappa shape index (κ3) is 1.98. The molecule has 1 N–H and O–H groups in total. The molecule has 1 aliphatic rings. The fourth-order valence-electron chi connectivity index (χ4n) is 1.34. The summed E-state index contributed by atoms with van der Waals surface area (Å²) in [4.78, 5) is 4.17. The summed E-state index contributed by atoms with van der Waals surface area (Å²) in [6.45, 7) is 0. The summed E-state index contributed by atoms with van der Waals surface area (Å²) in [5.74, 6) is 0.800. The van der Waals surface area contributed by atoms with E-state index in [0.29, 0.717) is 6.42 Å². The average molecular weight is 179 g/mol. The molecule has 1 heterocycles. The van der Waals surface area contributed by atoms with Crippen molar-refractivity contribution in [2.75, 3.05) is 7.11 Å². The molecule has 1 aromatic rings. The van der Waals surface area contributed by atoms with Gasteiger partial charge in [-0.2, -0.15) is 0 Å². The minimum absolute atomic E-state index is 0.473. The summed E-state index contributed by atoms with van der Waals surface area (Å²) in [6.07, 6.45) is 4.14. The molecule has 0 unspecified atom stereocenters. The molecule has 0 aromatic carbocycles. The monoisotopic (exact) mass is 179 g/mol. The third-order valence-corrected chi connectivity index (χ3v) is 2.36. The van der Waals surface area contributed by atoms with E-state index in [2.05, 4.69) is 4.98 Å². The zero-order valence-electron chi connectivity index (χ0n) is 7.66. The Bertz CT molecular complexity index is 308. The van der Waals surface area contributed by atoms with Crippen LogP contribution < -0.4 is 4.74 Å². The molecule has 1 aliphatic carbocycles. The maximum absolute atomic E-state index is 9.66. The van der Waals surface area contributed by atoms with E-state index in [-0.39, 0.29) is 0 Å². The summed E-state index contributed by atoms with van der Waals surface area (Å²) in [6, 6.07) is 3.68. The Morgan fingerprint density at radius 3 is 3.00 bits per heavy atom. The maximum atomic E-state index is 9.66. The first-order valence-electron chi connectivity index (χ1n) is 4.43. The number of methoxy groups -OCH3 is 1. The largest absolute Gasteiger partial charge is 0.497 e. The molecular formula is C10H13NO2. The van der Waals surface area contributed by atoms with Crippen molar-refractivity contribution in [3.05, 3.63) is 24.0 Å². The number of aliphatic hydroxyl groups is 1. The van der Waals surface area contributed by atoms with Crippen molar-refractivity contribution in [2.45, 2.75) is 24.9 Å². The van der Waals surface area contributed by atoms with E-state index in [1.165, 1.54) is 0 Å². The van der Waals surface area contributed by atoms with Gasteiger partial charge in [-0.1, -0.05) is 0 Å². The molecule has 0 aliphatic heterocycles. The second-order valence-electron chi connectivity index (χ2n) is 3.59. The summed E-state index contributed by atoms with van der Waals surface area (Å²) in [7, 11) is 1.63. The summed E-state index contributed by atoms with van der Waals surface area (Å²) < 4.78 is 5.07. The zero-order chi connectivity index (χ0) is 9.31. The first-order chi connectivity index (χ1) is 6.22. The van der Waals surface area contributed by atoms with Crippen LogP contribution in [0.15, 0.2) is 18.3 Å². The smallest absolute Gasteiger partial charge is 0.122 e. The number of hydrogen-bond acceptors (Lipinski definition) is 3. The molecule has 2 rings (SSSR count). The van der Waals surface area contributed by atoms with Crippen molar-refractivity contribution < 1.29 is 9.84 Å². The van der Waals surface area contributed by atoms with E-state index >= 15 is 0 Å². The van der Waals surface area contributed by atoms with Crippen LogP contribution in [0.2, 0.25) is 0 Å². The lowest BCUT2D eigenvalue weighted by molar-refractivity contribution is 0.149. The standard InChI is InChI=1S/C10H13NO2/c1-13-9-2-5-11-8(6-9)7-10(12)3-4-10/h2,5-6,12H,3-4,7H2,1H3. The molecule has 1 aromatic heterocycles.